The molecule has 0 heterocycles. The Morgan fingerprint density at radius 1 is 1.53 bits per heavy atom. The third-order valence-electron chi connectivity index (χ3n) is 2.03. The van der Waals surface area contributed by atoms with Crippen LogP contribution in [-0.4, -0.2) is 35.4 Å². The molecule has 0 aliphatic carbocycles. The molecule has 90 valence electrons. The highest BCUT2D eigenvalue weighted by Crippen LogP contribution is 2.27. The molecule has 2 unspecified atom stereocenters. The second kappa shape index (κ2) is 4.80. The van der Waals surface area contributed by atoms with Gasteiger partial charge in [-0.2, -0.15) is 13.2 Å². The highest BCUT2D eigenvalue weighted by molar-refractivity contribution is 5.86. The van der Waals surface area contributed by atoms with Gasteiger partial charge in [-0.15, -0.1) is 0 Å². The van der Waals surface area contributed by atoms with Gasteiger partial charge in [0.2, 0.25) is 5.91 Å². The molecule has 0 aliphatic rings. The Bertz CT molecular complexity index is 228. The molecule has 0 saturated heterocycles. The van der Waals surface area contributed by atoms with Crippen molar-refractivity contribution < 1.29 is 23.1 Å². The molecule has 0 fully saturated rings. The van der Waals surface area contributed by atoms with Crippen molar-refractivity contribution in [1.82, 2.24) is 5.32 Å². The van der Waals surface area contributed by atoms with Gasteiger partial charge in [0.05, 0.1) is 6.10 Å². The highest BCUT2D eigenvalue weighted by Gasteiger charge is 2.53. The number of alkyl halides is 3. The van der Waals surface area contributed by atoms with Crippen LogP contribution in [0.1, 0.15) is 20.3 Å². The van der Waals surface area contributed by atoms with E-state index in [1.807, 2.05) is 5.32 Å². The van der Waals surface area contributed by atoms with E-state index in [2.05, 4.69) is 0 Å². The molecular formula is C8H15F3N2O2. The first-order chi connectivity index (χ1) is 6.63. The fourth-order valence-corrected chi connectivity index (χ4v) is 0.667. The Morgan fingerprint density at radius 2 is 2.00 bits per heavy atom. The summed E-state index contributed by atoms with van der Waals surface area (Å²) in [6.07, 6.45) is -5.33. The first-order valence-electron chi connectivity index (χ1n) is 4.45. The van der Waals surface area contributed by atoms with Crippen molar-refractivity contribution in [2.45, 2.75) is 38.1 Å². The van der Waals surface area contributed by atoms with E-state index < -0.39 is 23.7 Å². The lowest BCUT2D eigenvalue weighted by atomic mass is 10.0. The van der Waals surface area contributed by atoms with Gasteiger partial charge in [-0.25, -0.2) is 0 Å². The standard InChI is InChI=1S/C8H15F3N2O2/c1-3-5(14)4-13-6(15)7(2,12)8(9,10)11/h5,14H,3-4,12H2,1-2H3,(H,13,15). The number of hydrogen-bond acceptors (Lipinski definition) is 3. The number of carbonyl (C=O) groups is 1. The maximum atomic E-state index is 12.2. The number of carbonyl (C=O) groups excluding carboxylic acids is 1. The van der Waals surface area contributed by atoms with Gasteiger partial charge < -0.3 is 16.2 Å². The van der Waals surface area contributed by atoms with Crippen LogP contribution in [-0.2, 0) is 4.79 Å². The van der Waals surface area contributed by atoms with Crippen molar-refractivity contribution in [2.75, 3.05) is 6.54 Å². The second-order valence-corrected chi connectivity index (χ2v) is 3.47. The summed E-state index contributed by atoms with van der Waals surface area (Å²) in [7, 11) is 0. The topological polar surface area (TPSA) is 75.3 Å². The maximum Gasteiger partial charge on any atom is 0.415 e. The molecule has 4 nitrogen and oxygen atoms in total. The van der Waals surface area contributed by atoms with Gasteiger partial charge in [-0.3, -0.25) is 4.79 Å². The van der Waals surface area contributed by atoms with Crippen molar-refractivity contribution in [3.05, 3.63) is 0 Å². The summed E-state index contributed by atoms with van der Waals surface area (Å²) in [4.78, 5) is 11.1. The molecule has 2 atom stereocenters. The van der Waals surface area contributed by atoms with Gasteiger partial charge in [0.1, 0.15) is 0 Å². The number of nitrogens with two attached hydrogens (primary N) is 1. The molecule has 15 heavy (non-hydrogen) atoms. The van der Waals surface area contributed by atoms with Crippen molar-refractivity contribution in [3.8, 4) is 0 Å². The van der Waals surface area contributed by atoms with Crippen LogP contribution in [0.2, 0.25) is 0 Å². The molecular weight excluding hydrogens is 213 g/mol. The van der Waals surface area contributed by atoms with Gasteiger partial charge in [0.25, 0.3) is 0 Å². The molecule has 7 heteroatoms. The van der Waals surface area contributed by atoms with Crippen molar-refractivity contribution in [1.29, 1.82) is 0 Å². The molecule has 0 saturated carbocycles. The van der Waals surface area contributed by atoms with Crippen LogP contribution in [0.25, 0.3) is 0 Å². The number of amides is 1. The van der Waals surface area contributed by atoms with E-state index in [9.17, 15) is 18.0 Å². The Morgan fingerprint density at radius 3 is 2.33 bits per heavy atom. The Balaban J connectivity index is 4.33. The fraction of sp³-hybridized carbons (Fsp3) is 0.875. The number of aliphatic hydroxyl groups is 1. The molecule has 0 aromatic carbocycles. The van der Waals surface area contributed by atoms with Gasteiger partial charge >= 0.3 is 6.18 Å². The summed E-state index contributed by atoms with van der Waals surface area (Å²) in [6, 6.07) is 0. The smallest absolute Gasteiger partial charge is 0.391 e. The first kappa shape index (κ1) is 14.2. The minimum atomic E-state index is -4.81. The number of aliphatic hydroxyl groups excluding tert-OH is 1. The average Bonchev–Trinajstić information content (AvgIpc) is 2.11. The van der Waals surface area contributed by atoms with Crippen LogP contribution >= 0.6 is 0 Å². The number of halogens is 3. The average molecular weight is 228 g/mol. The number of rotatable bonds is 4. The van der Waals surface area contributed by atoms with E-state index in [0.29, 0.717) is 13.3 Å². The molecule has 4 N–H and O–H groups in total. The van der Waals surface area contributed by atoms with Crippen molar-refractivity contribution in [3.63, 3.8) is 0 Å². The minimum Gasteiger partial charge on any atom is -0.391 e. The molecule has 0 aromatic heterocycles. The Kier molecular flexibility index (Phi) is 4.54. The van der Waals surface area contributed by atoms with Gasteiger partial charge in [-0.05, 0) is 13.3 Å². The van der Waals surface area contributed by atoms with Gasteiger partial charge in [0.15, 0.2) is 5.54 Å². The van der Waals surface area contributed by atoms with E-state index in [1.165, 1.54) is 0 Å². The van der Waals surface area contributed by atoms with E-state index in [1.54, 1.807) is 6.92 Å². The van der Waals surface area contributed by atoms with Crippen molar-refractivity contribution in [2.24, 2.45) is 5.73 Å². The summed E-state index contributed by atoms with van der Waals surface area (Å²) in [5.74, 6) is -1.34. The summed E-state index contributed by atoms with van der Waals surface area (Å²) in [5, 5.41) is 11.0. The fourth-order valence-electron chi connectivity index (χ4n) is 0.667. The molecule has 0 radical (unpaired) electrons. The van der Waals surface area contributed by atoms with Crippen LogP contribution in [0.5, 0.6) is 0 Å². The zero-order chi connectivity index (χ0) is 12.3. The van der Waals surface area contributed by atoms with Crippen molar-refractivity contribution >= 4 is 5.91 Å². The monoisotopic (exact) mass is 228 g/mol. The lowest BCUT2D eigenvalue weighted by molar-refractivity contribution is -0.187. The van der Waals surface area contributed by atoms with Crippen LogP contribution in [0.4, 0.5) is 13.2 Å². The zero-order valence-corrected chi connectivity index (χ0v) is 8.56. The predicted molar refractivity (Wildman–Crippen MR) is 48.0 cm³/mol. The summed E-state index contributed by atoms with van der Waals surface area (Å²) < 4.78 is 36.7. The molecule has 0 aromatic rings. The van der Waals surface area contributed by atoms with E-state index >= 15 is 0 Å². The predicted octanol–water partition coefficient (Wildman–Crippen LogP) is 0.153. The summed E-state index contributed by atoms with van der Waals surface area (Å²) in [6.45, 7) is 1.99. The SMILES string of the molecule is CCC(O)CNC(=O)C(C)(N)C(F)(F)F. The Hall–Kier alpha value is -0.820. The van der Waals surface area contributed by atoms with Crippen LogP contribution < -0.4 is 11.1 Å². The molecule has 0 bridgehead atoms. The quantitative estimate of drug-likeness (QED) is 0.641. The third-order valence-corrected chi connectivity index (χ3v) is 2.03. The summed E-state index contributed by atoms with van der Waals surface area (Å²) in [5.41, 5.74) is 1.92. The minimum absolute atomic E-state index is 0.238. The lowest BCUT2D eigenvalue weighted by Gasteiger charge is -2.26. The number of hydrogen-bond donors (Lipinski definition) is 3. The molecule has 0 aliphatic heterocycles. The normalized spacial score (nSPS) is 18.1. The van der Waals surface area contributed by atoms with Crippen LogP contribution in [0.15, 0.2) is 0 Å². The first-order valence-corrected chi connectivity index (χ1v) is 4.45. The van der Waals surface area contributed by atoms with E-state index in [4.69, 9.17) is 10.8 Å². The molecule has 1 amide bonds. The van der Waals surface area contributed by atoms with Crippen LogP contribution in [0, 0.1) is 0 Å². The third kappa shape index (κ3) is 3.67. The second-order valence-electron chi connectivity index (χ2n) is 3.47. The lowest BCUT2D eigenvalue weighted by Crippen LogP contribution is -2.61. The summed E-state index contributed by atoms with van der Waals surface area (Å²) >= 11 is 0. The van der Waals surface area contributed by atoms with Crippen LogP contribution in [0.3, 0.4) is 0 Å². The highest BCUT2D eigenvalue weighted by atomic mass is 19.4. The van der Waals surface area contributed by atoms with E-state index in [0.717, 1.165) is 0 Å². The van der Waals surface area contributed by atoms with E-state index in [-0.39, 0.29) is 6.54 Å². The number of nitrogens with one attached hydrogen (secondary N) is 1. The van der Waals surface area contributed by atoms with Gasteiger partial charge in [0, 0.05) is 6.54 Å². The van der Waals surface area contributed by atoms with Gasteiger partial charge in [-0.1, -0.05) is 6.92 Å². The Labute approximate surface area is 85.6 Å². The molecule has 0 rings (SSSR count). The maximum absolute atomic E-state index is 12.2. The molecule has 0 spiro atoms. The largest absolute Gasteiger partial charge is 0.415 e. The zero-order valence-electron chi connectivity index (χ0n) is 8.56.